The van der Waals surface area contributed by atoms with Crippen LogP contribution in [0.4, 0.5) is 0 Å². The lowest BCUT2D eigenvalue weighted by Gasteiger charge is -2.24. The van der Waals surface area contributed by atoms with Crippen molar-refractivity contribution in [3.05, 3.63) is 29.8 Å². The van der Waals surface area contributed by atoms with Crippen molar-refractivity contribution in [3.8, 4) is 11.5 Å². The molecule has 0 radical (unpaired) electrons. The van der Waals surface area contributed by atoms with Crippen molar-refractivity contribution in [2.75, 3.05) is 27.4 Å². The summed E-state index contributed by atoms with van der Waals surface area (Å²) < 4.78 is 5.08. The second kappa shape index (κ2) is 4.45. The Morgan fingerprint density at radius 2 is 2.25 bits per heavy atom. The fourth-order valence-corrected chi connectivity index (χ4v) is 1.67. The van der Waals surface area contributed by atoms with Gasteiger partial charge in [0.25, 0.3) is 0 Å². The van der Waals surface area contributed by atoms with Gasteiger partial charge in [0.15, 0.2) is 11.5 Å². The SMILES string of the molecule is COc1cc(C2=CCN(C)CN2)ccc1O. The number of phenolic OH excluding ortho intramolecular Hbond substituents is 1. The molecule has 0 saturated carbocycles. The molecule has 1 heterocycles. The number of nitrogens with one attached hydrogen (secondary N) is 1. The number of hydrogen-bond acceptors (Lipinski definition) is 4. The van der Waals surface area contributed by atoms with Gasteiger partial charge in [-0.15, -0.1) is 0 Å². The summed E-state index contributed by atoms with van der Waals surface area (Å²) in [6.45, 7) is 1.75. The van der Waals surface area contributed by atoms with Gasteiger partial charge in [-0.1, -0.05) is 0 Å². The zero-order valence-corrected chi connectivity index (χ0v) is 9.53. The number of benzene rings is 1. The van der Waals surface area contributed by atoms with Gasteiger partial charge in [0.05, 0.1) is 13.8 Å². The number of ether oxygens (including phenoxy) is 1. The van der Waals surface area contributed by atoms with E-state index in [-0.39, 0.29) is 5.75 Å². The molecule has 0 aromatic heterocycles. The van der Waals surface area contributed by atoms with Crippen molar-refractivity contribution in [3.63, 3.8) is 0 Å². The van der Waals surface area contributed by atoms with Crippen molar-refractivity contribution in [2.45, 2.75) is 0 Å². The molecule has 2 N–H and O–H groups in total. The molecule has 1 aliphatic heterocycles. The number of aromatic hydroxyl groups is 1. The summed E-state index contributed by atoms with van der Waals surface area (Å²) in [6.07, 6.45) is 2.12. The summed E-state index contributed by atoms with van der Waals surface area (Å²) in [5, 5.41) is 12.8. The van der Waals surface area contributed by atoms with Gasteiger partial charge in [0.1, 0.15) is 0 Å². The predicted molar refractivity (Wildman–Crippen MR) is 63.3 cm³/mol. The Kier molecular flexibility index (Phi) is 3.01. The summed E-state index contributed by atoms with van der Waals surface area (Å²) >= 11 is 0. The van der Waals surface area contributed by atoms with Crippen LogP contribution in [0.1, 0.15) is 5.56 Å². The number of likely N-dealkylation sites (N-methyl/N-ethyl adjacent to an activating group) is 1. The van der Waals surface area contributed by atoms with Gasteiger partial charge in [-0.25, -0.2) is 0 Å². The molecule has 0 atom stereocenters. The Morgan fingerprint density at radius 1 is 1.44 bits per heavy atom. The number of rotatable bonds is 2. The van der Waals surface area contributed by atoms with Crippen LogP contribution in [0.25, 0.3) is 5.70 Å². The molecule has 0 bridgehead atoms. The maximum Gasteiger partial charge on any atom is 0.161 e. The minimum atomic E-state index is 0.166. The van der Waals surface area contributed by atoms with Gasteiger partial charge in [0.2, 0.25) is 0 Å². The molecule has 0 unspecified atom stereocenters. The van der Waals surface area contributed by atoms with Gasteiger partial charge in [-0.3, -0.25) is 4.90 Å². The van der Waals surface area contributed by atoms with Gasteiger partial charge in [-0.2, -0.15) is 0 Å². The lowest BCUT2D eigenvalue weighted by atomic mass is 10.1. The average molecular weight is 220 g/mol. The molecule has 1 aliphatic rings. The van der Waals surface area contributed by atoms with E-state index in [0.717, 1.165) is 24.5 Å². The maximum absolute atomic E-state index is 9.50. The monoisotopic (exact) mass is 220 g/mol. The number of hydrogen-bond donors (Lipinski definition) is 2. The third kappa shape index (κ3) is 2.12. The largest absolute Gasteiger partial charge is 0.504 e. The average Bonchev–Trinajstić information content (AvgIpc) is 2.31. The fourth-order valence-electron chi connectivity index (χ4n) is 1.67. The van der Waals surface area contributed by atoms with E-state index in [9.17, 15) is 5.11 Å². The first-order chi connectivity index (χ1) is 7.70. The Labute approximate surface area is 95.1 Å². The van der Waals surface area contributed by atoms with E-state index in [1.54, 1.807) is 13.2 Å². The summed E-state index contributed by atoms with van der Waals surface area (Å²) in [4.78, 5) is 2.17. The summed E-state index contributed by atoms with van der Waals surface area (Å²) in [7, 11) is 3.60. The van der Waals surface area contributed by atoms with E-state index in [4.69, 9.17) is 4.74 Å². The van der Waals surface area contributed by atoms with E-state index in [0.29, 0.717) is 5.75 Å². The maximum atomic E-state index is 9.50. The van der Waals surface area contributed by atoms with Crippen LogP contribution in [0.3, 0.4) is 0 Å². The minimum Gasteiger partial charge on any atom is -0.504 e. The highest BCUT2D eigenvalue weighted by molar-refractivity contribution is 5.67. The first-order valence-electron chi connectivity index (χ1n) is 5.20. The molecule has 1 aromatic rings. The molecular formula is C12H16N2O2. The normalized spacial score (nSPS) is 16.5. The van der Waals surface area contributed by atoms with E-state index in [2.05, 4.69) is 23.3 Å². The molecule has 0 aliphatic carbocycles. The lowest BCUT2D eigenvalue weighted by molar-refractivity contribution is 0.348. The third-order valence-corrected chi connectivity index (χ3v) is 2.64. The molecule has 0 spiro atoms. The number of methoxy groups -OCH3 is 1. The van der Waals surface area contributed by atoms with Crippen LogP contribution in [0, 0.1) is 0 Å². The van der Waals surface area contributed by atoms with Crippen LogP contribution in [-0.4, -0.2) is 37.4 Å². The van der Waals surface area contributed by atoms with E-state index >= 15 is 0 Å². The number of nitrogens with zero attached hydrogens (tertiary/aromatic N) is 1. The van der Waals surface area contributed by atoms with Crippen molar-refractivity contribution < 1.29 is 9.84 Å². The Morgan fingerprint density at radius 3 is 2.88 bits per heavy atom. The lowest BCUT2D eigenvalue weighted by Crippen LogP contribution is -2.34. The number of phenols is 1. The minimum absolute atomic E-state index is 0.166. The van der Waals surface area contributed by atoms with Crippen molar-refractivity contribution in [1.29, 1.82) is 0 Å². The van der Waals surface area contributed by atoms with Gasteiger partial charge < -0.3 is 15.2 Å². The van der Waals surface area contributed by atoms with Crippen molar-refractivity contribution in [1.82, 2.24) is 10.2 Å². The van der Waals surface area contributed by atoms with E-state index < -0.39 is 0 Å². The van der Waals surface area contributed by atoms with Crippen LogP contribution in [0.2, 0.25) is 0 Å². The van der Waals surface area contributed by atoms with Crippen LogP contribution in [-0.2, 0) is 0 Å². The van der Waals surface area contributed by atoms with Crippen LogP contribution in [0.15, 0.2) is 24.3 Å². The van der Waals surface area contributed by atoms with Crippen LogP contribution < -0.4 is 10.1 Å². The van der Waals surface area contributed by atoms with Gasteiger partial charge >= 0.3 is 0 Å². The Hall–Kier alpha value is -1.68. The van der Waals surface area contributed by atoms with Crippen molar-refractivity contribution >= 4 is 5.70 Å². The first kappa shape index (κ1) is 10.8. The second-order valence-corrected chi connectivity index (χ2v) is 3.88. The summed E-state index contributed by atoms with van der Waals surface area (Å²) in [6, 6.07) is 5.36. The molecule has 0 saturated heterocycles. The molecule has 16 heavy (non-hydrogen) atoms. The van der Waals surface area contributed by atoms with Gasteiger partial charge in [0, 0.05) is 17.8 Å². The van der Waals surface area contributed by atoms with Gasteiger partial charge in [-0.05, 0) is 31.3 Å². The Bertz CT molecular complexity index is 415. The molecule has 1 aromatic carbocycles. The predicted octanol–water partition coefficient (Wildman–Crippen LogP) is 1.23. The molecule has 0 amide bonds. The first-order valence-corrected chi connectivity index (χ1v) is 5.20. The molecule has 86 valence electrons. The van der Waals surface area contributed by atoms with Crippen LogP contribution in [0.5, 0.6) is 11.5 Å². The second-order valence-electron chi connectivity index (χ2n) is 3.88. The fraction of sp³-hybridized carbons (Fsp3) is 0.333. The van der Waals surface area contributed by atoms with E-state index in [1.807, 2.05) is 12.1 Å². The molecule has 0 fully saturated rings. The zero-order valence-electron chi connectivity index (χ0n) is 9.53. The van der Waals surface area contributed by atoms with Crippen molar-refractivity contribution in [2.24, 2.45) is 0 Å². The van der Waals surface area contributed by atoms with Crippen LogP contribution >= 0.6 is 0 Å². The van der Waals surface area contributed by atoms with E-state index in [1.165, 1.54) is 0 Å². The summed E-state index contributed by atoms with van der Waals surface area (Å²) in [5.74, 6) is 0.666. The molecular weight excluding hydrogens is 204 g/mol. The highest BCUT2D eigenvalue weighted by Crippen LogP contribution is 2.28. The third-order valence-electron chi connectivity index (χ3n) is 2.64. The topological polar surface area (TPSA) is 44.7 Å². The smallest absolute Gasteiger partial charge is 0.161 e. The molecule has 4 heteroatoms. The molecule has 4 nitrogen and oxygen atoms in total. The quantitative estimate of drug-likeness (QED) is 0.787. The standard InChI is InChI=1S/C12H16N2O2/c1-14-6-5-10(13-8-14)9-3-4-11(15)12(7-9)16-2/h3-5,7,13,15H,6,8H2,1-2H3. The zero-order chi connectivity index (χ0) is 11.5. The molecule has 2 rings (SSSR count). The highest BCUT2D eigenvalue weighted by Gasteiger charge is 2.10. The Balaban J connectivity index is 2.27. The highest BCUT2D eigenvalue weighted by atomic mass is 16.5. The summed E-state index contributed by atoms with van der Waals surface area (Å²) in [5.41, 5.74) is 2.11.